The third kappa shape index (κ3) is 4.03. The first kappa shape index (κ1) is 16.0. The van der Waals surface area contributed by atoms with E-state index < -0.39 is 12.5 Å². The number of amides is 1. The molecular weight excluding hydrogens is 419 g/mol. The van der Waals surface area contributed by atoms with E-state index in [1.54, 1.807) is 13.2 Å². The Balaban J connectivity index is 2.15. The normalized spacial score (nSPS) is 10.8. The first-order chi connectivity index (χ1) is 9.86. The Morgan fingerprint density at radius 1 is 1.52 bits per heavy atom. The Morgan fingerprint density at radius 3 is 2.76 bits per heavy atom. The summed E-state index contributed by atoms with van der Waals surface area (Å²) >= 11 is 7.80. The summed E-state index contributed by atoms with van der Waals surface area (Å²) in [5.41, 5.74) is 0.621. The van der Waals surface area contributed by atoms with E-state index >= 15 is 0 Å². The number of halogens is 4. The van der Waals surface area contributed by atoms with Crippen LogP contribution in [0.4, 0.5) is 14.5 Å². The molecular formula is C12H9ClF2IN3O2. The van der Waals surface area contributed by atoms with Crippen LogP contribution in [0.1, 0.15) is 10.5 Å². The average molecular weight is 428 g/mol. The maximum atomic E-state index is 12.1. The first-order valence-corrected chi connectivity index (χ1v) is 7.07. The molecule has 9 heteroatoms. The van der Waals surface area contributed by atoms with Gasteiger partial charge in [0.1, 0.15) is 5.75 Å². The molecule has 1 N–H and O–H groups in total. The Labute approximate surface area is 137 Å². The standard InChI is InChI=1S/C12H9ClF2IN3O2/c1-19-5-8(16)10(18-19)11(20)17-6-2-3-9(7(13)4-6)21-12(14)15/h2-5,12H,1H3,(H,17,20). The molecule has 0 aliphatic rings. The number of hydrogen-bond donors (Lipinski definition) is 1. The lowest BCUT2D eigenvalue weighted by Crippen LogP contribution is -2.14. The maximum Gasteiger partial charge on any atom is 0.387 e. The van der Waals surface area contributed by atoms with E-state index in [2.05, 4.69) is 15.2 Å². The molecule has 0 aliphatic carbocycles. The van der Waals surface area contributed by atoms with Crippen LogP contribution in [0.15, 0.2) is 24.4 Å². The molecule has 0 unspecified atom stereocenters. The van der Waals surface area contributed by atoms with E-state index in [-0.39, 0.29) is 16.5 Å². The Bertz CT molecular complexity index is 679. The molecule has 21 heavy (non-hydrogen) atoms. The predicted molar refractivity (Wildman–Crippen MR) is 82.0 cm³/mol. The van der Waals surface area contributed by atoms with Crippen LogP contribution in [0.25, 0.3) is 0 Å². The Kier molecular flexibility index (Phi) is 4.99. The van der Waals surface area contributed by atoms with Crippen LogP contribution < -0.4 is 10.1 Å². The van der Waals surface area contributed by atoms with Crippen molar-refractivity contribution in [3.63, 3.8) is 0 Å². The number of ether oxygens (including phenoxy) is 1. The summed E-state index contributed by atoms with van der Waals surface area (Å²) in [4.78, 5) is 12.0. The molecule has 0 aliphatic heterocycles. The van der Waals surface area contributed by atoms with Gasteiger partial charge < -0.3 is 10.1 Å². The van der Waals surface area contributed by atoms with Crippen LogP contribution >= 0.6 is 34.2 Å². The van der Waals surface area contributed by atoms with Crippen molar-refractivity contribution in [3.8, 4) is 5.75 Å². The van der Waals surface area contributed by atoms with Crippen LogP contribution in [0.2, 0.25) is 5.02 Å². The van der Waals surface area contributed by atoms with Gasteiger partial charge in [0, 0.05) is 18.9 Å². The van der Waals surface area contributed by atoms with E-state index in [4.69, 9.17) is 11.6 Å². The monoisotopic (exact) mass is 427 g/mol. The second kappa shape index (κ2) is 6.56. The summed E-state index contributed by atoms with van der Waals surface area (Å²) in [6.45, 7) is -2.96. The summed E-state index contributed by atoms with van der Waals surface area (Å²) in [5, 5.41) is 6.59. The molecule has 1 aromatic heterocycles. The van der Waals surface area contributed by atoms with Gasteiger partial charge in [0.15, 0.2) is 5.69 Å². The van der Waals surface area contributed by atoms with Crippen molar-refractivity contribution in [2.24, 2.45) is 7.05 Å². The fourth-order valence-electron chi connectivity index (χ4n) is 1.57. The van der Waals surface area contributed by atoms with Gasteiger partial charge in [0.05, 0.1) is 8.59 Å². The zero-order chi connectivity index (χ0) is 15.6. The highest BCUT2D eigenvalue weighted by Crippen LogP contribution is 2.29. The number of benzene rings is 1. The van der Waals surface area contributed by atoms with Gasteiger partial charge >= 0.3 is 6.61 Å². The van der Waals surface area contributed by atoms with Crippen LogP contribution in [0.3, 0.4) is 0 Å². The van der Waals surface area contributed by atoms with Crippen LogP contribution in [-0.2, 0) is 7.05 Å². The molecule has 0 spiro atoms. The Hall–Kier alpha value is -1.42. The quantitative estimate of drug-likeness (QED) is 0.760. The van der Waals surface area contributed by atoms with Gasteiger partial charge in [0.25, 0.3) is 5.91 Å². The molecule has 1 aromatic carbocycles. The summed E-state index contributed by atoms with van der Waals surface area (Å²) < 4.78 is 30.7. The minimum atomic E-state index is -2.96. The molecule has 0 saturated heterocycles. The minimum Gasteiger partial charge on any atom is -0.433 e. The first-order valence-electron chi connectivity index (χ1n) is 5.61. The van der Waals surface area contributed by atoms with Gasteiger partial charge in [-0.25, -0.2) is 0 Å². The molecule has 0 radical (unpaired) electrons. The fourth-order valence-corrected chi connectivity index (χ4v) is 2.55. The highest BCUT2D eigenvalue weighted by molar-refractivity contribution is 14.1. The fraction of sp³-hybridized carbons (Fsp3) is 0.167. The van der Waals surface area contributed by atoms with Crippen molar-refractivity contribution in [1.82, 2.24) is 9.78 Å². The average Bonchev–Trinajstić information content (AvgIpc) is 2.71. The molecule has 1 amide bonds. The van der Waals surface area contributed by atoms with Gasteiger partial charge in [-0.15, -0.1) is 0 Å². The van der Waals surface area contributed by atoms with Crippen molar-refractivity contribution >= 4 is 45.8 Å². The number of aryl methyl sites for hydroxylation is 1. The molecule has 0 atom stereocenters. The largest absolute Gasteiger partial charge is 0.433 e. The molecule has 0 bridgehead atoms. The van der Waals surface area contributed by atoms with Crippen molar-refractivity contribution in [3.05, 3.63) is 38.7 Å². The maximum absolute atomic E-state index is 12.1. The van der Waals surface area contributed by atoms with Crippen LogP contribution in [-0.4, -0.2) is 22.3 Å². The number of anilines is 1. The smallest absolute Gasteiger partial charge is 0.387 e. The third-order valence-electron chi connectivity index (χ3n) is 2.41. The zero-order valence-corrected chi connectivity index (χ0v) is 13.5. The highest BCUT2D eigenvalue weighted by atomic mass is 127. The topological polar surface area (TPSA) is 56.2 Å². The zero-order valence-electron chi connectivity index (χ0n) is 10.6. The number of rotatable bonds is 4. The van der Waals surface area contributed by atoms with Crippen LogP contribution in [0, 0.1) is 3.57 Å². The lowest BCUT2D eigenvalue weighted by Gasteiger charge is -2.09. The summed E-state index contributed by atoms with van der Waals surface area (Å²) in [6, 6.07) is 4.00. The van der Waals surface area contributed by atoms with Gasteiger partial charge in [-0.3, -0.25) is 9.48 Å². The van der Waals surface area contributed by atoms with E-state index in [0.717, 1.165) is 0 Å². The predicted octanol–water partition coefficient (Wildman–Crippen LogP) is 3.53. The molecule has 2 rings (SSSR count). The van der Waals surface area contributed by atoms with Gasteiger partial charge in [-0.1, -0.05) is 11.6 Å². The van der Waals surface area contributed by atoms with E-state index in [0.29, 0.717) is 9.26 Å². The third-order valence-corrected chi connectivity index (χ3v) is 3.49. The van der Waals surface area contributed by atoms with E-state index in [1.807, 2.05) is 22.6 Å². The second-order valence-electron chi connectivity index (χ2n) is 3.98. The molecule has 2 aromatic rings. The number of alkyl halides is 2. The summed E-state index contributed by atoms with van der Waals surface area (Å²) in [7, 11) is 1.70. The lowest BCUT2D eigenvalue weighted by atomic mass is 10.3. The molecule has 112 valence electrons. The number of carbonyl (C=O) groups is 1. The van der Waals surface area contributed by atoms with E-state index in [1.165, 1.54) is 22.9 Å². The van der Waals surface area contributed by atoms with Crippen molar-refractivity contribution in [1.29, 1.82) is 0 Å². The van der Waals surface area contributed by atoms with Gasteiger partial charge in [0.2, 0.25) is 0 Å². The van der Waals surface area contributed by atoms with Crippen molar-refractivity contribution in [2.75, 3.05) is 5.32 Å². The van der Waals surface area contributed by atoms with Gasteiger partial charge in [-0.2, -0.15) is 13.9 Å². The number of carbonyl (C=O) groups excluding carboxylic acids is 1. The number of hydrogen-bond acceptors (Lipinski definition) is 3. The lowest BCUT2D eigenvalue weighted by molar-refractivity contribution is -0.0497. The van der Waals surface area contributed by atoms with E-state index in [9.17, 15) is 13.6 Å². The Morgan fingerprint density at radius 2 is 2.24 bits per heavy atom. The van der Waals surface area contributed by atoms with Gasteiger partial charge in [-0.05, 0) is 40.8 Å². The number of nitrogens with zero attached hydrogens (tertiary/aromatic N) is 2. The van der Waals surface area contributed by atoms with Crippen molar-refractivity contribution < 1.29 is 18.3 Å². The molecule has 1 heterocycles. The molecule has 0 saturated carbocycles. The van der Waals surface area contributed by atoms with Crippen LogP contribution in [0.5, 0.6) is 5.75 Å². The molecule has 0 fully saturated rings. The molecule has 5 nitrogen and oxygen atoms in total. The SMILES string of the molecule is Cn1cc(I)c(C(=O)Nc2ccc(OC(F)F)c(Cl)c2)n1. The summed E-state index contributed by atoms with van der Waals surface area (Å²) in [5.74, 6) is -0.573. The van der Waals surface area contributed by atoms with Crippen molar-refractivity contribution in [2.45, 2.75) is 6.61 Å². The number of aromatic nitrogens is 2. The second-order valence-corrected chi connectivity index (χ2v) is 5.55. The minimum absolute atomic E-state index is 0.0242. The number of nitrogens with one attached hydrogen (secondary N) is 1. The summed E-state index contributed by atoms with van der Waals surface area (Å²) in [6.07, 6.45) is 1.70. The highest BCUT2D eigenvalue weighted by Gasteiger charge is 2.15.